The van der Waals surface area contributed by atoms with E-state index < -0.39 is 18.8 Å². The minimum atomic E-state index is -4.71. The minimum absolute atomic E-state index is 0.267. The molecule has 2 N–H and O–H groups in total. The molecule has 0 aromatic heterocycles. The Morgan fingerprint density at radius 2 is 1.86 bits per heavy atom. The van der Waals surface area contributed by atoms with Gasteiger partial charge in [0.1, 0.15) is 11.9 Å². The summed E-state index contributed by atoms with van der Waals surface area (Å²) in [5, 5.41) is 14.2. The summed E-state index contributed by atoms with van der Waals surface area (Å²) in [6, 6.07) is 4.98. The van der Waals surface area contributed by atoms with E-state index >= 15 is 0 Å². The average Bonchev–Trinajstić information content (AvgIpc) is 3.05. The minimum Gasteiger partial charge on any atom is -0.406 e. The van der Waals surface area contributed by atoms with Gasteiger partial charge in [0.2, 0.25) is 0 Å². The van der Waals surface area contributed by atoms with Crippen LogP contribution in [0.5, 0.6) is 5.75 Å². The van der Waals surface area contributed by atoms with Crippen LogP contribution in [-0.2, 0) is 16.0 Å². The smallest absolute Gasteiger partial charge is 0.406 e. The van der Waals surface area contributed by atoms with E-state index in [0.717, 1.165) is 18.7 Å². The van der Waals surface area contributed by atoms with Crippen molar-refractivity contribution in [2.75, 3.05) is 40.8 Å². The Kier molecular flexibility index (Phi) is 7.02. The molecule has 3 rings (SSSR count). The van der Waals surface area contributed by atoms with Gasteiger partial charge in [0.05, 0.1) is 24.8 Å². The molecule has 0 unspecified atom stereocenters. The van der Waals surface area contributed by atoms with Crippen molar-refractivity contribution in [3.8, 4) is 5.75 Å². The van der Waals surface area contributed by atoms with Gasteiger partial charge in [-0.2, -0.15) is 0 Å². The van der Waals surface area contributed by atoms with Crippen molar-refractivity contribution in [2.24, 2.45) is 0 Å². The molecule has 164 valence electrons. The van der Waals surface area contributed by atoms with Gasteiger partial charge in [0.25, 0.3) is 0 Å². The number of aliphatic hydroxyl groups is 1. The van der Waals surface area contributed by atoms with E-state index in [2.05, 4.69) is 15.0 Å². The second-order valence-electron chi connectivity index (χ2n) is 7.74. The lowest BCUT2D eigenvalue weighted by Gasteiger charge is -2.43. The van der Waals surface area contributed by atoms with Crippen LogP contribution in [0.15, 0.2) is 24.3 Å². The Balaban J connectivity index is 1.59. The number of rotatable bonds is 8. The summed E-state index contributed by atoms with van der Waals surface area (Å²) in [7, 11) is 5.90. The number of aliphatic hydroxyl groups excluding tert-OH is 1. The molecule has 10 heteroatoms. The van der Waals surface area contributed by atoms with Crippen LogP contribution in [-0.4, -0.2) is 92.7 Å². The highest BCUT2D eigenvalue weighted by Gasteiger charge is 2.51. The Labute approximate surface area is 168 Å². The van der Waals surface area contributed by atoms with Crippen LogP contribution in [0.2, 0.25) is 0 Å². The zero-order valence-corrected chi connectivity index (χ0v) is 16.7. The fourth-order valence-corrected chi connectivity index (χ4v) is 3.67. The van der Waals surface area contributed by atoms with Gasteiger partial charge in [-0.25, -0.2) is 0 Å². The summed E-state index contributed by atoms with van der Waals surface area (Å²) >= 11 is 0. The maximum Gasteiger partial charge on any atom is 0.573 e. The Hall–Kier alpha value is -1.43. The van der Waals surface area contributed by atoms with Crippen molar-refractivity contribution in [3.05, 3.63) is 29.8 Å². The molecule has 29 heavy (non-hydrogen) atoms. The largest absolute Gasteiger partial charge is 0.573 e. The second-order valence-corrected chi connectivity index (χ2v) is 7.74. The number of likely N-dealkylation sites (N-methyl/N-ethyl adjacent to an activating group) is 2. The molecular formula is C19H28F3N3O4. The summed E-state index contributed by atoms with van der Waals surface area (Å²) in [5.74, 6) is -0.267. The first-order chi connectivity index (χ1) is 13.6. The molecule has 0 saturated carbocycles. The van der Waals surface area contributed by atoms with Crippen LogP contribution in [0.4, 0.5) is 13.2 Å². The lowest BCUT2D eigenvalue weighted by molar-refractivity contribution is -0.274. The standard InChI is InChI=1S/C19H28F3N3O4/c1-24(2)8-9-25(3)16-17(26)15(14-11-27-18(16)28-14)23-10-12-4-6-13(7-5-12)29-19(20,21)22/h4-7,14-18,23,26H,8-11H2,1-3H3/t14-,15+,16-,17-,18+/m0/s1. The molecule has 2 aliphatic rings. The average molecular weight is 419 g/mol. The van der Waals surface area contributed by atoms with Gasteiger partial charge >= 0.3 is 6.36 Å². The van der Waals surface area contributed by atoms with Gasteiger partial charge in [-0.05, 0) is 38.8 Å². The predicted octanol–water partition coefficient (Wildman–Crippen LogP) is 1.02. The lowest BCUT2D eigenvalue weighted by Crippen LogP contribution is -2.64. The van der Waals surface area contributed by atoms with Gasteiger partial charge in [0.15, 0.2) is 6.29 Å². The van der Waals surface area contributed by atoms with E-state index in [1.165, 1.54) is 12.1 Å². The highest BCUT2D eigenvalue weighted by molar-refractivity contribution is 5.27. The number of nitrogens with zero attached hydrogens (tertiary/aromatic N) is 2. The van der Waals surface area contributed by atoms with Crippen molar-refractivity contribution in [1.82, 2.24) is 15.1 Å². The summed E-state index contributed by atoms with van der Waals surface area (Å²) < 4.78 is 52.4. The van der Waals surface area contributed by atoms with Crippen LogP contribution in [0.25, 0.3) is 0 Å². The normalized spacial score (nSPS) is 29.6. The predicted molar refractivity (Wildman–Crippen MR) is 99.3 cm³/mol. The SMILES string of the molecule is CN(C)CCN(C)[C@@H]1[C@@H]2OC[C@H](O2)[C@@H](NCc2ccc(OC(F)(F)F)cc2)[C@@H]1O. The van der Waals surface area contributed by atoms with Crippen LogP contribution in [0.3, 0.4) is 0 Å². The van der Waals surface area contributed by atoms with E-state index in [1.54, 1.807) is 12.1 Å². The summed E-state index contributed by atoms with van der Waals surface area (Å²) in [5.41, 5.74) is 0.769. The van der Waals surface area contributed by atoms with E-state index in [1.807, 2.05) is 26.0 Å². The Morgan fingerprint density at radius 1 is 1.17 bits per heavy atom. The van der Waals surface area contributed by atoms with Crippen LogP contribution in [0.1, 0.15) is 5.56 Å². The van der Waals surface area contributed by atoms with Crippen LogP contribution >= 0.6 is 0 Å². The molecule has 0 radical (unpaired) electrons. The molecule has 0 aliphatic carbocycles. The molecule has 2 saturated heterocycles. The summed E-state index contributed by atoms with van der Waals surface area (Å²) in [4.78, 5) is 4.10. The van der Waals surface area contributed by atoms with Gasteiger partial charge in [-0.3, -0.25) is 4.90 Å². The molecule has 2 aliphatic heterocycles. The van der Waals surface area contributed by atoms with Crippen molar-refractivity contribution >= 4 is 0 Å². The Morgan fingerprint density at radius 3 is 2.48 bits per heavy atom. The van der Waals surface area contributed by atoms with Crippen molar-refractivity contribution in [2.45, 2.75) is 43.5 Å². The zero-order chi connectivity index (χ0) is 21.2. The van der Waals surface area contributed by atoms with E-state index in [0.29, 0.717) is 13.2 Å². The number of halogens is 3. The lowest BCUT2D eigenvalue weighted by atomic mass is 9.94. The van der Waals surface area contributed by atoms with Crippen molar-refractivity contribution in [1.29, 1.82) is 0 Å². The number of nitrogens with one attached hydrogen (secondary N) is 1. The third kappa shape index (κ3) is 5.80. The fraction of sp³-hybridized carbons (Fsp3) is 0.684. The number of benzene rings is 1. The van der Waals surface area contributed by atoms with Gasteiger partial charge in [0, 0.05) is 19.6 Å². The molecule has 1 aromatic rings. The quantitative estimate of drug-likeness (QED) is 0.652. The fourth-order valence-electron chi connectivity index (χ4n) is 3.67. The maximum absolute atomic E-state index is 12.3. The van der Waals surface area contributed by atoms with Crippen molar-refractivity contribution < 1.29 is 32.5 Å². The second kappa shape index (κ2) is 9.15. The molecule has 2 fully saturated rings. The number of hydrogen-bond acceptors (Lipinski definition) is 7. The molecule has 1 aromatic carbocycles. The van der Waals surface area contributed by atoms with Crippen molar-refractivity contribution in [3.63, 3.8) is 0 Å². The molecular weight excluding hydrogens is 391 g/mol. The van der Waals surface area contributed by atoms with Crippen LogP contribution in [0, 0.1) is 0 Å². The molecule has 0 spiro atoms. The van der Waals surface area contributed by atoms with E-state index in [9.17, 15) is 18.3 Å². The van der Waals surface area contributed by atoms with Gasteiger partial charge in [-0.1, -0.05) is 12.1 Å². The number of fused-ring (bicyclic) bond motifs is 2. The molecule has 0 amide bonds. The highest BCUT2D eigenvalue weighted by atomic mass is 19.4. The third-order valence-electron chi connectivity index (χ3n) is 5.24. The Bertz CT molecular complexity index is 659. The molecule has 5 atom stereocenters. The number of ether oxygens (including phenoxy) is 3. The summed E-state index contributed by atoms with van der Waals surface area (Å²) in [6.45, 7) is 2.33. The zero-order valence-electron chi connectivity index (χ0n) is 16.7. The third-order valence-corrected chi connectivity index (χ3v) is 5.24. The maximum atomic E-state index is 12.3. The topological polar surface area (TPSA) is 66.4 Å². The number of hydrogen-bond donors (Lipinski definition) is 2. The summed E-state index contributed by atoms with van der Waals surface area (Å²) in [6.07, 6.45) is -6.17. The van der Waals surface area contributed by atoms with Crippen LogP contribution < -0.4 is 10.1 Å². The first-order valence-corrected chi connectivity index (χ1v) is 9.52. The number of alkyl halides is 3. The molecule has 2 heterocycles. The highest BCUT2D eigenvalue weighted by Crippen LogP contribution is 2.31. The first kappa shape index (κ1) is 22.3. The van der Waals surface area contributed by atoms with Gasteiger partial charge < -0.3 is 29.5 Å². The van der Waals surface area contributed by atoms with E-state index in [4.69, 9.17) is 9.47 Å². The first-order valence-electron chi connectivity index (χ1n) is 9.52. The molecule has 2 bridgehead atoms. The monoisotopic (exact) mass is 419 g/mol. The molecule has 7 nitrogen and oxygen atoms in total. The van der Waals surface area contributed by atoms with E-state index in [-0.39, 0.29) is 23.9 Å². The van der Waals surface area contributed by atoms with Gasteiger partial charge in [-0.15, -0.1) is 13.2 Å².